The predicted octanol–water partition coefficient (Wildman–Crippen LogP) is 3.66. The maximum atomic E-state index is 13.4. The Morgan fingerprint density at radius 2 is 1.59 bits per heavy atom. The third-order valence-electron chi connectivity index (χ3n) is 5.24. The molecule has 0 aliphatic carbocycles. The summed E-state index contributed by atoms with van der Waals surface area (Å²) in [5, 5.41) is 12.8. The maximum Gasteiger partial charge on any atom is 0.335 e. The standard InChI is InChI=1S/C25H25N3O5S/c1-17-4-12-23(13-5-17)34(32,33)28(22-11-6-18(2)19(3)14-22)16-24(29)27-26-15-20-7-9-21(10-8-20)25(30)31/h4-15H,16H2,1-3H3,(H,27,29)(H,30,31)/b26-15-. The molecule has 176 valence electrons. The van der Waals surface area contributed by atoms with E-state index in [0.29, 0.717) is 11.3 Å². The zero-order valence-corrected chi connectivity index (χ0v) is 19.8. The molecule has 0 bridgehead atoms. The summed E-state index contributed by atoms with van der Waals surface area (Å²) in [5.74, 6) is -1.68. The molecule has 1 amide bonds. The lowest BCUT2D eigenvalue weighted by molar-refractivity contribution is -0.119. The number of sulfonamides is 1. The molecule has 0 fully saturated rings. The number of aryl methyl sites for hydroxylation is 3. The average Bonchev–Trinajstić information content (AvgIpc) is 2.80. The number of carboxylic acid groups (broad SMARTS) is 1. The number of nitrogens with zero attached hydrogens (tertiary/aromatic N) is 2. The van der Waals surface area contributed by atoms with Gasteiger partial charge in [-0.2, -0.15) is 5.10 Å². The van der Waals surface area contributed by atoms with Crippen molar-refractivity contribution in [1.29, 1.82) is 0 Å². The van der Waals surface area contributed by atoms with Gasteiger partial charge in [0, 0.05) is 0 Å². The second-order valence-corrected chi connectivity index (χ2v) is 9.68. The number of carbonyl (C=O) groups is 2. The smallest absolute Gasteiger partial charge is 0.335 e. The Bertz CT molecular complexity index is 1330. The van der Waals surface area contributed by atoms with Crippen molar-refractivity contribution in [3.63, 3.8) is 0 Å². The minimum Gasteiger partial charge on any atom is -0.478 e. The first-order valence-corrected chi connectivity index (χ1v) is 11.8. The van der Waals surface area contributed by atoms with E-state index in [0.717, 1.165) is 21.0 Å². The number of benzene rings is 3. The maximum absolute atomic E-state index is 13.4. The fourth-order valence-corrected chi connectivity index (χ4v) is 4.50. The molecule has 3 aromatic carbocycles. The molecule has 0 heterocycles. The van der Waals surface area contributed by atoms with Crippen molar-refractivity contribution in [3.8, 4) is 0 Å². The molecule has 3 aromatic rings. The summed E-state index contributed by atoms with van der Waals surface area (Å²) < 4.78 is 27.9. The van der Waals surface area contributed by atoms with Crippen molar-refractivity contribution in [2.45, 2.75) is 25.7 Å². The third kappa shape index (κ3) is 5.87. The van der Waals surface area contributed by atoms with Crippen molar-refractivity contribution in [1.82, 2.24) is 5.43 Å². The highest BCUT2D eigenvalue weighted by Gasteiger charge is 2.27. The van der Waals surface area contributed by atoms with Crippen LogP contribution in [0.2, 0.25) is 0 Å². The lowest BCUT2D eigenvalue weighted by Crippen LogP contribution is -2.39. The monoisotopic (exact) mass is 479 g/mol. The number of hydrazone groups is 1. The molecular formula is C25H25N3O5S. The number of hydrogen-bond donors (Lipinski definition) is 2. The minimum atomic E-state index is -4.02. The van der Waals surface area contributed by atoms with E-state index in [4.69, 9.17) is 5.11 Å². The van der Waals surface area contributed by atoms with Gasteiger partial charge < -0.3 is 5.11 Å². The van der Waals surface area contributed by atoms with E-state index in [-0.39, 0.29) is 10.5 Å². The van der Waals surface area contributed by atoms with Gasteiger partial charge in [-0.25, -0.2) is 18.6 Å². The summed E-state index contributed by atoms with van der Waals surface area (Å²) in [6.45, 7) is 5.17. The van der Waals surface area contributed by atoms with Crippen LogP contribution in [0.25, 0.3) is 0 Å². The molecule has 0 aliphatic rings. The van der Waals surface area contributed by atoms with Gasteiger partial charge in [-0.15, -0.1) is 0 Å². The van der Waals surface area contributed by atoms with Gasteiger partial charge in [0.05, 0.1) is 22.4 Å². The molecule has 0 saturated carbocycles. The minimum absolute atomic E-state index is 0.0751. The van der Waals surface area contributed by atoms with Crippen LogP contribution in [0.15, 0.2) is 76.7 Å². The summed E-state index contributed by atoms with van der Waals surface area (Å²) in [6, 6.07) is 17.5. The fourth-order valence-electron chi connectivity index (χ4n) is 3.09. The molecule has 0 saturated heterocycles. The van der Waals surface area contributed by atoms with Crippen LogP contribution in [0.3, 0.4) is 0 Å². The summed E-state index contributed by atoms with van der Waals surface area (Å²) in [4.78, 5) is 23.6. The number of aromatic carboxylic acids is 1. The normalized spacial score (nSPS) is 11.4. The van der Waals surface area contributed by atoms with Crippen molar-refractivity contribution in [2.24, 2.45) is 5.10 Å². The van der Waals surface area contributed by atoms with Crippen LogP contribution in [0.1, 0.15) is 32.6 Å². The van der Waals surface area contributed by atoms with Crippen LogP contribution >= 0.6 is 0 Å². The summed E-state index contributed by atoms with van der Waals surface area (Å²) >= 11 is 0. The molecule has 0 aromatic heterocycles. The second-order valence-electron chi connectivity index (χ2n) is 7.81. The zero-order valence-electron chi connectivity index (χ0n) is 19.0. The average molecular weight is 480 g/mol. The van der Waals surface area contributed by atoms with Crippen LogP contribution in [-0.4, -0.2) is 38.2 Å². The van der Waals surface area contributed by atoms with E-state index in [2.05, 4.69) is 10.5 Å². The quantitative estimate of drug-likeness (QED) is 0.378. The van der Waals surface area contributed by atoms with Crippen molar-refractivity contribution >= 4 is 33.8 Å². The number of rotatable bonds is 8. The predicted molar refractivity (Wildman–Crippen MR) is 131 cm³/mol. The third-order valence-corrected chi connectivity index (χ3v) is 7.02. The van der Waals surface area contributed by atoms with E-state index in [1.807, 2.05) is 20.8 Å². The highest BCUT2D eigenvalue weighted by molar-refractivity contribution is 7.92. The van der Waals surface area contributed by atoms with Gasteiger partial charge in [0.1, 0.15) is 6.54 Å². The van der Waals surface area contributed by atoms with Gasteiger partial charge in [0.15, 0.2) is 0 Å². The van der Waals surface area contributed by atoms with Gasteiger partial charge >= 0.3 is 5.97 Å². The summed E-state index contributed by atoms with van der Waals surface area (Å²) in [6.07, 6.45) is 1.35. The van der Waals surface area contributed by atoms with Crippen molar-refractivity contribution in [2.75, 3.05) is 10.8 Å². The topological polar surface area (TPSA) is 116 Å². The summed E-state index contributed by atoms with van der Waals surface area (Å²) in [7, 11) is -4.02. The first kappa shape index (κ1) is 24.7. The Labute approximate surface area is 198 Å². The van der Waals surface area contributed by atoms with Gasteiger partial charge in [-0.1, -0.05) is 35.9 Å². The van der Waals surface area contributed by atoms with E-state index >= 15 is 0 Å². The molecule has 0 spiro atoms. The molecule has 0 unspecified atom stereocenters. The van der Waals surface area contributed by atoms with Crippen molar-refractivity contribution < 1.29 is 23.1 Å². The molecule has 9 heteroatoms. The number of carboxylic acids is 1. The highest BCUT2D eigenvalue weighted by Crippen LogP contribution is 2.26. The van der Waals surface area contributed by atoms with Gasteiger partial charge in [-0.3, -0.25) is 9.10 Å². The first-order chi connectivity index (χ1) is 16.1. The number of amides is 1. The molecule has 0 aliphatic heterocycles. The Morgan fingerprint density at radius 3 is 2.18 bits per heavy atom. The lowest BCUT2D eigenvalue weighted by Gasteiger charge is -2.24. The fraction of sp³-hybridized carbons (Fsp3) is 0.160. The van der Waals surface area contributed by atoms with E-state index in [9.17, 15) is 18.0 Å². The zero-order chi connectivity index (χ0) is 24.9. The molecule has 0 radical (unpaired) electrons. The van der Waals surface area contributed by atoms with Gasteiger partial charge in [-0.05, 0) is 73.9 Å². The number of anilines is 1. The van der Waals surface area contributed by atoms with E-state index < -0.39 is 28.4 Å². The van der Waals surface area contributed by atoms with Crippen LogP contribution in [-0.2, 0) is 14.8 Å². The summed E-state index contributed by atoms with van der Waals surface area (Å²) in [5.41, 5.74) is 6.22. The Kier molecular flexibility index (Phi) is 7.47. The number of carbonyl (C=O) groups excluding carboxylic acids is 1. The molecular weight excluding hydrogens is 454 g/mol. The number of nitrogens with one attached hydrogen (secondary N) is 1. The number of hydrogen-bond acceptors (Lipinski definition) is 5. The van der Waals surface area contributed by atoms with E-state index in [1.54, 1.807) is 42.5 Å². The van der Waals surface area contributed by atoms with Crippen LogP contribution in [0.4, 0.5) is 5.69 Å². The molecule has 0 atom stereocenters. The largest absolute Gasteiger partial charge is 0.478 e. The molecule has 34 heavy (non-hydrogen) atoms. The van der Waals surface area contributed by atoms with Crippen LogP contribution in [0, 0.1) is 20.8 Å². The highest BCUT2D eigenvalue weighted by atomic mass is 32.2. The Balaban J connectivity index is 1.83. The SMILES string of the molecule is Cc1ccc(S(=O)(=O)N(CC(=O)N/N=C\c2ccc(C(=O)O)cc2)c2ccc(C)c(C)c2)cc1. The van der Waals surface area contributed by atoms with Gasteiger partial charge in [0.25, 0.3) is 15.9 Å². The molecule has 8 nitrogen and oxygen atoms in total. The Hall–Kier alpha value is -3.98. The first-order valence-electron chi connectivity index (χ1n) is 10.4. The molecule has 3 rings (SSSR count). The molecule has 2 N–H and O–H groups in total. The lowest BCUT2D eigenvalue weighted by atomic mass is 10.1. The second kappa shape index (κ2) is 10.3. The van der Waals surface area contributed by atoms with Crippen LogP contribution in [0.5, 0.6) is 0 Å². The van der Waals surface area contributed by atoms with Crippen molar-refractivity contribution in [3.05, 3.63) is 94.5 Å². The van der Waals surface area contributed by atoms with E-state index in [1.165, 1.54) is 30.5 Å². The van der Waals surface area contributed by atoms with Gasteiger partial charge in [0.2, 0.25) is 0 Å². The Morgan fingerprint density at radius 1 is 0.941 bits per heavy atom. The van der Waals surface area contributed by atoms with Crippen LogP contribution < -0.4 is 9.73 Å².